The average Bonchev–Trinajstić information content (AvgIpc) is 2.26. The van der Waals surface area contributed by atoms with Gasteiger partial charge >= 0.3 is 0 Å². The lowest BCUT2D eigenvalue weighted by Gasteiger charge is -2.12. The van der Waals surface area contributed by atoms with E-state index in [2.05, 4.69) is 23.8 Å². The summed E-state index contributed by atoms with van der Waals surface area (Å²) in [5.74, 6) is 2.10. The maximum Gasteiger partial charge on any atom is 0.218 e. The summed E-state index contributed by atoms with van der Waals surface area (Å²) in [6.45, 7) is 9.10. The van der Waals surface area contributed by atoms with Gasteiger partial charge in [-0.1, -0.05) is 45.7 Å². The quantitative estimate of drug-likeness (QED) is 0.720. The third kappa shape index (κ3) is 4.90. The van der Waals surface area contributed by atoms with E-state index in [1.807, 2.05) is 13.8 Å². The number of nitrogens with zero attached hydrogens (tertiary/aromatic N) is 2. The predicted octanol–water partition coefficient (Wildman–Crippen LogP) is 4.07. The monoisotopic (exact) mass is 256 g/mol. The van der Waals surface area contributed by atoms with E-state index in [0.717, 1.165) is 12.2 Å². The van der Waals surface area contributed by atoms with Gasteiger partial charge in [0.05, 0.1) is 6.61 Å². The lowest BCUT2D eigenvalue weighted by atomic mass is 10.1. The van der Waals surface area contributed by atoms with Crippen LogP contribution in [0.5, 0.6) is 5.88 Å². The molecule has 1 atom stereocenters. The Hall–Kier alpha value is -0.830. The summed E-state index contributed by atoms with van der Waals surface area (Å²) in [5, 5.41) is 0.446. The van der Waals surface area contributed by atoms with Crippen LogP contribution in [0.4, 0.5) is 0 Å². The van der Waals surface area contributed by atoms with E-state index in [4.69, 9.17) is 16.3 Å². The molecule has 1 aromatic heterocycles. The number of hydrogen-bond donors (Lipinski definition) is 0. The molecule has 4 heteroatoms. The summed E-state index contributed by atoms with van der Waals surface area (Å²) in [6.07, 6.45) is 2.34. The fraction of sp³-hybridized carbons (Fsp3) is 0.692. The van der Waals surface area contributed by atoms with E-state index in [0.29, 0.717) is 23.6 Å². The molecule has 0 spiro atoms. The highest BCUT2D eigenvalue weighted by Gasteiger charge is 2.09. The van der Waals surface area contributed by atoms with Gasteiger partial charge in [0, 0.05) is 12.0 Å². The number of aromatic nitrogens is 2. The standard InChI is InChI=1S/C13H21ClN2O/c1-5-6-10(4)8-17-12-7-11(14)15-13(16-12)9(2)3/h7,9-10H,5-6,8H2,1-4H3. The predicted molar refractivity (Wildman–Crippen MR) is 70.7 cm³/mol. The number of hydrogen-bond acceptors (Lipinski definition) is 3. The number of ether oxygens (including phenoxy) is 1. The van der Waals surface area contributed by atoms with E-state index in [1.165, 1.54) is 6.42 Å². The van der Waals surface area contributed by atoms with E-state index in [9.17, 15) is 0 Å². The normalized spacial score (nSPS) is 12.8. The topological polar surface area (TPSA) is 35.0 Å². The fourth-order valence-electron chi connectivity index (χ4n) is 1.55. The Morgan fingerprint density at radius 2 is 2.00 bits per heavy atom. The molecule has 17 heavy (non-hydrogen) atoms. The van der Waals surface area contributed by atoms with Gasteiger partial charge in [0.25, 0.3) is 0 Å². The van der Waals surface area contributed by atoms with Crippen LogP contribution in [0.1, 0.15) is 52.3 Å². The van der Waals surface area contributed by atoms with Crippen LogP contribution < -0.4 is 4.74 Å². The van der Waals surface area contributed by atoms with Gasteiger partial charge in [0.15, 0.2) is 0 Å². The van der Waals surface area contributed by atoms with Crippen molar-refractivity contribution in [2.75, 3.05) is 6.61 Å². The molecule has 1 heterocycles. The smallest absolute Gasteiger partial charge is 0.218 e. The zero-order chi connectivity index (χ0) is 12.8. The molecule has 0 amide bonds. The Kier molecular flexibility index (Phi) is 5.69. The van der Waals surface area contributed by atoms with Crippen LogP contribution in [-0.4, -0.2) is 16.6 Å². The molecule has 3 nitrogen and oxygen atoms in total. The molecule has 0 bridgehead atoms. The van der Waals surface area contributed by atoms with Gasteiger partial charge in [-0.25, -0.2) is 4.98 Å². The molecule has 1 aromatic rings. The van der Waals surface area contributed by atoms with Gasteiger partial charge in [-0.15, -0.1) is 0 Å². The molecule has 0 aliphatic rings. The minimum Gasteiger partial charge on any atom is -0.477 e. The summed E-state index contributed by atoms with van der Waals surface area (Å²) in [6, 6.07) is 1.67. The summed E-state index contributed by atoms with van der Waals surface area (Å²) in [4.78, 5) is 8.52. The highest BCUT2D eigenvalue weighted by atomic mass is 35.5. The molecule has 0 radical (unpaired) electrons. The SMILES string of the molecule is CCCC(C)COc1cc(Cl)nc(C(C)C)n1. The average molecular weight is 257 g/mol. The molecule has 0 N–H and O–H groups in total. The Balaban J connectivity index is 2.64. The Morgan fingerprint density at radius 3 is 2.59 bits per heavy atom. The van der Waals surface area contributed by atoms with Crippen molar-refractivity contribution >= 4 is 11.6 Å². The zero-order valence-electron chi connectivity index (χ0n) is 11.0. The minimum absolute atomic E-state index is 0.254. The van der Waals surface area contributed by atoms with Crippen LogP contribution in [0.3, 0.4) is 0 Å². The van der Waals surface area contributed by atoms with Gasteiger partial charge in [-0.2, -0.15) is 4.98 Å². The van der Waals surface area contributed by atoms with Crippen molar-refractivity contribution in [3.63, 3.8) is 0 Å². The van der Waals surface area contributed by atoms with Crippen molar-refractivity contribution in [2.45, 2.75) is 46.5 Å². The second kappa shape index (κ2) is 6.80. The van der Waals surface area contributed by atoms with Crippen molar-refractivity contribution < 1.29 is 4.74 Å². The van der Waals surface area contributed by atoms with Gasteiger partial charge in [-0.05, 0) is 12.3 Å². The molecule has 96 valence electrons. The van der Waals surface area contributed by atoms with Crippen molar-refractivity contribution in [2.24, 2.45) is 5.92 Å². The third-order valence-electron chi connectivity index (χ3n) is 2.50. The summed E-state index contributed by atoms with van der Waals surface area (Å²) in [7, 11) is 0. The highest BCUT2D eigenvalue weighted by Crippen LogP contribution is 2.19. The van der Waals surface area contributed by atoms with Crippen molar-refractivity contribution in [1.82, 2.24) is 9.97 Å². The summed E-state index contributed by atoms with van der Waals surface area (Å²) < 4.78 is 5.66. The van der Waals surface area contributed by atoms with Gasteiger partial charge in [0.2, 0.25) is 5.88 Å². The first-order valence-corrected chi connectivity index (χ1v) is 6.58. The molecular formula is C13H21ClN2O. The lowest BCUT2D eigenvalue weighted by molar-refractivity contribution is 0.242. The zero-order valence-corrected chi connectivity index (χ0v) is 11.8. The molecule has 0 aliphatic heterocycles. The summed E-state index contributed by atoms with van der Waals surface area (Å²) in [5.41, 5.74) is 0. The number of rotatable bonds is 6. The maximum atomic E-state index is 5.94. The molecule has 1 unspecified atom stereocenters. The van der Waals surface area contributed by atoms with E-state index >= 15 is 0 Å². The van der Waals surface area contributed by atoms with E-state index in [-0.39, 0.29) is 5.92 Å². The van der Waals surface area contributed by atoms with Crippen LogP contribution in [0.15, 0.2) is 6.07 Å². The first-order chi connectivity index (χ1) is 8.02. The fourth-order valence-corrected chi connectivity index (χ4v) is 1.73. The van der Waals surface area contributed by atoms with Crippen LogP contribution >= 0.6 is 11.6 Å². The van der Waals surface area contributed by atoms with Crippen LogP contribution in [0.2, 0.25) is 5.15 Å². The maximum absolute atomic E-state index is 5.94. The second-order valence-electron chi connectivity index (χ2n) is 4.75. The van der Waals surface area contributed by atoms with Gasteiger partial charge < -0.3 is 4.74 Å². The Labute approximate surface area is 109 Å². The van der Waals surface area contributed by atoms with E-state index < -0.39 is 0 Å². The van der Waals surface area contributed by atoms with Crippen molar-refractivity contribution in [3.8, 4) is 5.88 Å². The molecule has 0 fully saturated rings. The van der Waals surface area contributed by atoms with Crippen molar-refractivity contribution in [3.05, 3.63) is 17.0 Å². The van der Waals surface area contributed by atoms with Crippen LogP contribution in [0.25, 0.3) is 0 Å². The first-order valence-electron chi connectivity index (χ1n) is 6.20. The highest BCUT2D eigenvalue weighted by molar-refractivity contribution is 6.29. The first kappa shape index (κ1) is 14.2. The Morgan fingerprint density at radius 1 is 1.29 bits per heavy atom. The second-order valence-corrected chi connectivity index (χ2v) is 5.13. The molecule has 0 saturated carbocycles. The van der Waals surface area contributed by atoms with Crippen LogP contribution in [0, 0.1) is 5.92 Å². The molecule has 1 rings (SSSR count). The third-order valence-corrected chi connectivity index (χ3v) is 2.70. The van der Waals surface area contributed by atoms with Crippen molar-refractivity contribution in [1.29, 1.82) is 0 Å². The molecular weight excluding hydrogens is 236 g/mol. The van der Waals surface area contributed by atoms with Gasteiger partial charge in [-0.3, -0.25) is 0 Å². The molecule has 0 aromatic carbocycles. The number of halogens is 1. The Bertz CT molecular complexity index is 355. The summed E-state index contributed by atoms with van der Waals surface area (Å²) >= 11 is 5.94. The minimum atomic E-state index is 0.254. The lowest BCUT2D eigenvalue weighted by Crippen LogP contribution is -2.10. The molecule has 0 aliphatic carbocycles. The van der Waals surface area contributed by atoms with Gasteiger partial charge in [0.1, 0.15) is 11.0 Å². The van der Waals surface area contributed by atoms with E-state index in [1.54, 1.807) is 6.07 Å². The molecule has 0 saturated heterocycles. The largest absolute Gasteiger partial charge is 0.477 e. The van der Waals surface area contributed by atoms with Crippen LogP contribution in [-0.2, 0) is 0 Å².